The maximum atomic E-state index is 14.0. The van der Waals surface area contributed by atoms with E-state index in [1.54, 1.807) is 18.2 Å². The summed E-state index contributed by atoms with van der Waals surface area (Å²) >= 11 is 12.7. The zero-order valence-electron chi connectivity index (χ0n) is 10.3. The molecule has 0 aromatic heterocycles. The summed E-state index contributed by atoms with van der Waals surface area (Å²) in [5.41, 5.74) is 0.479. The summed E-state index contributed by atoms with van der Waals surface area (Å²) in [7, 11) is 1.35. The molecule has 0 aliphatic rings. The van der Waals surface area contributed by atoms with Gasteiger partial charge in [0, 0.05) is 27.2 Å². The van der Waals surface area contributed by atoms with Crippen molar-refractivity contribution in [2.45, 2.75) is 4.83 Å². The molecule has 2 aromatic carbocycles. The first kappa shape index (κ1) is 15.7. The lowest BCUT2D eigenvalue weighted by molar-refractivity contribution is 0.405. The van der Waals surface area contributed by atoms with Gasteiger partial charge in [-0.1, -0.05) is 49.5 Å². The van der Waals surface area contributed by atoms with Gasteiger partial charge in [-0.25, -0.2) is 8.78 Å². The van der Waals surface area contributed by atoms with Crippen molar-refractivity contribution in [3.05, 3.63) is 62.6 Å². The van der Waals surface area contributed by atoms with Crippen molar-refractivity contribution in [1.82, 2.24) is 0 Å². The van der Waals surface area contributed by atoms with Crippen molar-refractivity contribution in [3.63, 3.8) is 0 Å². The molecule has 106 valence electrons. The fraction of sp³-hybridized carbons (Fsp3) is 0.143. The van der Waals surface area contributed by atoms with E-state index in [4.69, 9.17) is 16.3 Å². The van der Waals surface area contributed by atoms with Crippen LogP contribution in [-0.4, -0.2) is 7.11 Å². The van der Waals surface area contributed by atoms with Crippen LogP contribution in [-0.2, 0) is 0 Å². The number of alkyl halides is 1. The van der Waals surface area contributed by atoms with E-state index in [1.807, 2.05) is 0 Å². The third-order valence-electron chi connectivity index (χ3n) is 2.78. The van der Waals surface area contributed by atoms with Crippen molar-refractivity contribution in [2.75, 3.05) is 7.11 Å². The summed E-state index contributed by atoms with van der Waals surface area (Å²) < 4.78 is 33.7. The maximum absolute atomic E-state index is 14.0. The van der Waals surface area contributed by atoms with E-state index in [0.29, 0.717) is 10.6 Å². The van der Waals surface area contributed by atoms with Gasteiger partial charge in [-0.05, 0) is 17.7 Å². The van der Waals surface area contributed by atoms with Crippen LogP contribution in [0.15, 0.2) is 34.8 Å². The lowest BCUT2D eigenvalue weighted by atomic mass is 10.0. The monoisotopic (exact) mass is 424 g/mol. The molecular formula is C14H9Br2ClF2O. The van der Waals surface area contributed by atoms with E-state index in [9.17, 15) is 8.78 Å². The highest BCUT2D eigenvalue weighted by Crippen LogP contribution is 2.39. The molecule has 0 spiro atoms. The van der Waals surface area contributed by atoms with Gasteiger partial charge in [0.05, 0.1) is 11.9 Å². The van der Waals surface area contributed by atoms with Crippen LogP contribution < -0.4 is 4.74 Å². The van der Waals surface area contributed by atoms with Crippen LogP contribution in [0, 0.1) is 11.6 Å². The van der Waals surface area contributed by atoms with Crippen molar-refractivity contribution in [2.24, 2.45) is 0 Å². The zero-order valence-corrected chi connectivity index (χ0v) is 14.2. The normalized spacial score (nSPS) is 12.3. The van der Waals surface area contributed by atoms with Gasteiger partial charge in [0.1, 0.15) is 17.4 Å². The number of benzene rings is 2. The van der Waals surface area contributed by atoms with Crippen molar-refractivity contribution < 1.29 is 13.5 Å². The minimum absolute atomic E-state index is 0.102. The molecule has 0 N–H and O–H groups in total. The summed E-state index contributed by atoms with van der Waals surface area (Å²) in [6, 6.07) is 7.41. The zero-order chi connectivity index (χ0) is 14.9. The van der Waals surface area contributed by atoms with Crippen molar-refractivity contribution in [3.8, 4) is 5.75 Å². The molecule has 1 nitrogen and oxygen atoms in total. The third kappa shape index (κ3) is 3.15. The van der Waals surface area contributed by atoms with Gasteiger partial charge < -0.3 is 4.74 Å². The average molecular weight is 426 g/mol. The molecule has 0 aliphatic carbocycles. The van der Waals surface area contributed by atoms with E-state index in [2.05, 4.69) is 31.9 Å². The Balaban J connectivity index is 2.50. The van der Waals surface area contributed by atoms with Crippen LogP contribution in [0.4, 0.5) is 8.78 Å². The highest BCUT2D eigenvalue weighted by Gasteiger charge is 2.22. The number of ether oxygens (including phenoxy) is 1. The number of halogens is 5. The van der Waals surface area contributed by atoms with Gasteiger partial charge in [0.25, 0.3) is 0 Å². The molecule has 0 aliphatic heterocycles. The van der Waals surface area contributed by atoms with Gasteiger partial charge in [0.2, 0.25) is 0 Å². The minimum atomic E-state index is -0.692. The number of rotatable bonds is 3. The molecule has 20 heavy (non-hydrogen) atoms. The Morgan fingerprint density at radius 3 is 2.25 bits per heavy atom. The Labute approximate surface area is 137 Å². The summed E-state index contributed by atoms with van der Waals surface area (Å²) in [6.07, 6.45) is 0. The molecule has 2 aromatic rings. The Morgan fingerprint density at radius 2 is 1.75 bits per heavy atom. The first-order chi connectivity index (χ1) is 9.43. The predicted molar refractivity (Wildman–Crippen MR) is 82.8 cm³/mol. The van der Waals surface area contributed by atoms with Gasteiger partial charge in [0.15, 0.2) is 0 Å². The van der Waals surface area contributed by atoms with Crippen LogP contribution in [0.25, 0.3) is 0 Å². The Morgan fingerprint density at radius 1 is 1.15 bits per heavy atom. The molecule has 1 unspecified atom stereocenters. The van der Waals surface area contributed by atoms with Crippen LogP contribution in [0.5, 0.6) is 5.75 Å². The van der Waals surface area contributed by atoms with E-state index in [0.717, 1.165) is 16.6 Å². The molecule has 1 atom stereocenters. The Bertz CT molecular complexity index is 626. The SMILES string of the molecule is COc1cc(F)c(C(Br)c2ccc(Br)cc2Cl)c(F)c1. The molecular weight excluding hydrogens is 417 g/mol. The third-order valence-corrected chi connectivity index (χ3v) is 4.55. The second-order valence-electron chi connectivity index (χ2n) is 4.03. The lowest BCUT2D eigenvalue weighted by Gasteiger charge is -2.15. The van der Waals surface area contributed by atoms with Gasteiger partial charge in [-0.2, -0.15) is 0 Å². The van der Waals surface area contributed by atoms with Crippen LogP contribution in [0.1, 0.15) is 16.0 Å². The molecule has 0 heterocycles. The highest BCUT2D eigenvalue weighted by atomic mass is 79.9. The lowest BCUT2D eigenvalue weighted by Crippen LogP contribution is -2.02. The van der Waals surface area contributed by atoms with Gasteiger partial charge in [-0.15, -0.1) is 0 Å². The van der Waals surface area contributed by atoms with E-state index < -0.39 is 16.5 Å². The maximum Gasteiger partial charge on any atom is 0.134 e. The molecule has 0 fully saturated rings. The van der Waals surface area contributed by atoms with Crippen molar-refractivity contribution in [1.29, 1.82) is 0 Å². The summed E-state index contributed by atoms with van der Waals surface area (Å²) in [4.78, 5) is -0.686. The number of methoxy groups -OCH3 is 1. The summed E-state index contributed by atoms with van der Waals surface area (Å²) in [5.74, 6) is -1.25. The topological polar surface area (TPSA) is 9.23 Å². The second kappa shape index (κ2) is 6.41. The standard InChI is InChI=1S/C14H9Br2ClF2O/c1-20-8-5-11(18)13(12(19)6-8)14(16)9-3-2-7(15)4-10(9)17/h2-6,14H,1H3. The second-order valence-corrected chi connectivity index (χ2v) is 6.27. The number of hydrogen-bond donors (Lipinski definition) is 0. The van der Waals surface area contributed by atoms with E-state index in [1.165, 1.54) is 7.11 Å². The molecule has 0 bridgehead atoms. The first-order valence-corrected chi connectivity index (χ1v) is 7.64. The Hall–Kier alpha value is -0.650. The molecule has 0 radical (unpaired) electrons. The smallest absolute Gasteiger partial charge is 0.134 e. The largest absolute Gasteiger partial charge is 0.497 e. The molecule has 0 saturated heterocycles. The van der Waals surface area contributed by atoms with Gasteiger partial charge in [-0.3, -0.25) is 0 Å². The number of hydrogen-bond acceptors (Lipinski definition) is 1. The summed E-state index contributed by atoms with van der Waals surface area (Å²) in [5, 5.41) is 0.413. The van der Waals surface area contributed by atoms with E-state index >= 15 is 0 Å². The fourth-order valence-electron chi connectivity index (χ4n) is 1.78. The van der Waals surface area contributed by atoms with E-state index in [-0.39, 0.29) is 11.3 Å². The average Bonchev–Trinajstić information content (AvgIpc) is 2.37. The van der Waals surface area contributed by atoms with Crippen LogP contribution >= 0.6 is 43.5 Å². The van der Waals surface area contributed by atoms with Crippen molar-refractivity contribution >= 4 is 43.5 Å². The molecule has 2 rings (SSSR count). The van der Waals surface area contributed by atoms with Crippen LogP contribution in [0.2, 0.25) is 5.02 Å². The van der Waals surface area contributed by atoms with Crippen LogP contribution in [0.3, 0.4) is 0 Å². The molecule has 0 saturated carbocycles. The van der Waals surface area contributed by atoms with Gasteiger partial charge >= 0.3 is 0 Å². The Kier molecular flexibility index (Phi) is 5.04. The first-order valence-electron chi connectivity index (χ1n) is 5.56. The predicted octanol–water partition coefficient (Wildman–Crippen LogP) is 5.87. The quantitative estimate of drug-likeness (QED) is 0.558. The fourth-order valence-corrected chi connectivity index (χ4v) is 3.53. The highest BCUT2D eigenvalue weighted by molar-refractivity contribution is 9.10. The minimum Gasteiger partial charge on any atom is -0.497 e. The molecule has 6 heteroatoms. The summed E-state index contributed by atoms with van der Waals surface area (Å²) in [6.45, 7) is 0. The molecule has 0 amide bonds.